The van der Waals surface area contributed by atoms with E-state index in [4.69, 9.17) is 5.11 Å². The van der Waals surface area contributed by atoms with Crippen LogP contribution in [0.15, 0.2) is 54.9 Å². The van der Waals surface area contributed by atoms with Gasteiger partial charge in [0.1, 0.15) is 11.5 Å². The summed E-state index contributed by atoms with van der Waals surface area (Å²) in [5.41, 5.74) is -3.23. The van der Waals surface area contributed by atoms with Gasteiger partial charge in [0.2, 0.25) is 5.67 Å². The van der Waals surface area contributed by atoms with Crippen molar-refractivity contribution >= 4 is 11.9 Å². The van der Waals surface area contributed by atoms with Gasteiger partial charge in [0.25, 0.3) is 5.91 Å². The van der Waals surface area contributed by atoms with Gasteiger partial charge in [-0.05, 0) is 67.0 Å². The zero-order valence-corrected chi connectivity index (χ0v) is 20.8. The van der Waals surface area contributed by atoms with Gasteiger partial charge in [0.15, 0.2) is 5.69 Å². The number of carboxylic acids is 1. The predicted octanol–water partition coefficient (Wildman–Crippen LogP) is 5.40. The molecule has 1 aliphatic carbocycles. The SMILES string of the molecule is CC(F)(c1ccc2c(c1)CCC1N(C(=O)c3cnc(C(=O)O)cn3)CCC21Cc1cccc(F)c1)C(F)(F)F. The molecule has 0 bridgehead atoms. The van der Waals surface area contributed by atoms with Gasteiger partial charge in [0, 0.05) is 18.0 Å². The van der Waals surface area contributed by atoms with Gasteiger partial charge in [-0.15, -0.1) is 0 Å². The zero-order valence-electron chi connectivity index (χ0n) is 20.8. The highest BCUT2D eigenvalue weighted by Crippen LogP contribution is 2.51. The highest BCUT2D eigenvalue weighted by Gasteiger charge is 2.55. The molecular weight excluding hydrogens is 521 g/mol. The molecule has 2 aliphatic rings. The van der Waals surface area contributed by atoms with Crippen molar-refractivity contribution in [1.29, 1.82) is 0 Å². The van der Waals surface area contributed by atoms with E-state index in [1.165, 1.54) is 24.3 Å². The number of alkyl halides is 4. The molecule has 3 aromatic rings. The molecule has 6 nitrogen and oxygen atoms in total. The second kappa shape index (κ2) is 9.39. The number of amides is 1. The van der Waals surface area contributed by atoms with Crippen LogP contribution in [-0.2, 0) is 23.9 Å². The van der Waals surface area contributed by atoms with Gasteiger partial charge in [-0.3, -0.25) is 4.79 Å². The number of carboxylic acid groups (broad SMARTS) is 1. The van der Waals surface area contributed by atoms with E-state index in [0.717, 1.165) is 18.5 Å². The summed E-state index contributed by atoms with van der Waals surface area (Å²) in [7, 11) is 0. The summed E-state index contributed by atoms with van der Waals surface area (Å²) < 4.78 is 69.2. The van der Waals surface area contributed by atoms with Crippen LogP contribution in [0.4, 0.5) is 22.0 Å². The Morgan fingerprint density at radius 3 is 2.44 bits per heavy atom. The number of carbonyl (C=O) groups is 2. The highest BCUT2D eigenvalue weighted by molar-refractivity contribution is 5.93. The van der Waals surface area contributed by atoms with Crippen molar-refractivity contribution in [3.8, 4) is 0 Å². The Morgan fingerprint density at radius 1 is 1.08 bits per heavy atom. The minimum absolute atomic E-state index is 0.0407. The molecule has 0 radical (unpaired) electrons. The third kappa shape index (κ3) is 4.53. The van der Waals surface area contributed by atoms with Crippen molar-refractivity contribution < 1.29 is 36.6 Å². The van der Waals surface area contributed by atoms with Gasteiger partial charge >= 0.3 is 12.1 Å². The molecule has 0 saturated carbocycles. The van der Waals surface area contributed by atoms with Gasteiger partial charge < -0.3 is 10.0 Å². The lowest BCUT2D eigenvalue weighted by Gasteiger charge is -2.44. The van der Waals surface area contributed by atoms with Crippen LogP contribution < -0.4 is 0 Å². The van der Waals surface area contributed by atoms with E-state index in [0.29, 0.717) is 49.3 Å². The molecule has 0 spiro atoms. The maximum absolute atomic E-state index is 14.8. The lowest BCUT2D eigenvalue weighted by atomic mass is 9.63. The molecule has 204 valence electrons. The second-order valence-electron chi connectivity index (χ2n) is 10.2. The molecular formula is C28H24F5N3O3. The fraction of sp³-hybridized carbons (Fsp3) is 0.357. The Labute approximate surface area is 220 Å². The molecule has 39 heavy (non-hydrogen) atoms. The standard InChI is InChI=1S/C28H24F5N3O3/c1-26(30,28(31,32)33)18-6-7-20-17(12-18)5-8-23-27(20,13-16-3-2-4-19(29)11-16)9-10-36(23)24(37)21-14-35-22(15-34-21)25(38)39/h2-4,6-7,11-12,14-15,23H,5,8-10,13H2,1H3,(H,38,39). The molecule has 2 aromatic carbocycles. The van der Waals surface area contributed by atoms with E-state index in [-0.39, 0.29) is 17.9 Å². The molecule has 1 N–H and O–H groups in total. The molecule has 11 heteroatoms. The van der Waals surface area contributed by atoms with Crippen molar-refractivity contribution in [3.05, 3.63) is 94.3 Å². The number of hydrogen-bond donors (Lipinski definition) is 1. The average molecular weight is 546 g/mol. The van der Waals surface area contributed by atoms with Crippen LogP contribution in [0.25, 0.3) is 0 Å². The molecule has 1 saturated heterocycles. The first-order valence-corrected chi connectivity index (χ1v) is 12.3. The zero-order chi connectivity index (χ0) is 28.2. The predicted molar refractivity (Wildman–Crippen MR) is 129 cm³/mol. The molecule has 2 heterocycles. The van der Waals surface area contributed by atoms with Crippen molar-refractivity contribution in [1.82, 2.24) is 14.9 Å². The van der Waals surface area contributed by atoms with E-state index >= 15 is 0 Å². The van der Waals surface area contributed by atoms with Crippen LogP contribution in [0.3, 0.4) is 0 Å². The number of nitrogens with zero attached hydrogens (tertiary/aromatic N) is 3. The quantitative estimate of drug-likeness (QED) is 0.434. The molecule has 3 unspecified atom stereocenters. The van der Waals surface area contributed by atoms with E-state index in [1.807, 2.05) is 0 Å². The molecule has 5 rings (SSSR count). The van der Waals surface area contributed by atoms with Crippen LogP contribution in [0, 0.1) is 5.82 Å². The summed E-state index contributed by atoms with van der Waals surface area (Å²) in [6.45, 7) is 0.779. The first kappa shape index (κ1) is 26.7. The Balaban J connectivity index is 1.56. The summed E-state index contributed by atoms with van der Waals surface area (Å²) in [4.78, 5) is 34.0. The lowest BCUT2D eigenvalue weighted by molar-refractivity contribution is -0.228. The van der Waals surface area contributed by atoms with E-state index in [9.17, 15) is 31.5 Å². The topological polar surface area (TPSA) is 83.4 Å². The fourth-order valence-corrected chi connectivity index (χ4v) is 5.97. The number of aromatic nitrogens is 2. The Morgan fingerprint density at radius 2 is 1.79 bits per heavy atom. The summed E-state index contributed by atoms with van der Waals surface area (Å²) in [5.74, 6) is -2.18. The summed E-state index contributed by atoms with van der Waals surface area (Å²) >= 11 is 0. The highest BCUT2D eigenvalue weighted by atomic mass is 19.4. The molecule has 1 aliphatic heterocycles. The Hall–Kier alpha value is -3.89. The van der Waals surface area contributed by atoms with Crippen molar-refractivity contribution in [2.45, 2.75) is 55.9 Å². The maximum Gasteiger partial charge on any atom is 0.426 e. The molecule has 3 atom stereocenters. The molecule has 1 amide bonds. The number of hydrogen-bond acceptors (Lipinski definition) is 4. The monoisotopic (exact) mass is 545 g/mol. The van der Waals surface area contributed by atoms with Gasteiger partial charge in [-0.25, -0.2) is 23.5 Å². The minimum atomic E-state index is -5.09. The van der Waals surface area contributed by atoms with Crippen LogP contribution in [0.2, 0.25) is 0 Å². The van der Waals surface area contributed by atoms with Crippen LogP contribution in [0.1, 0.15) is 63.0 Å². The van der Waals surface area contributed by atoms with E-state index in [1.54, 1.807) is 17.0 Å². The summed E-state index contributed by atoms with van der Waals surface area (Å²) in [5, 5.41) is 9.07. The van der Waals surface area contributed by atoms with Crippen LogP contribution >= 0.6 is 0 Å². The van der Waals surface area contributed by atoms with Crippen molar-refractivity contribution in [2.75, 3.05) is 6.54 Å². The maximum atomic E-state index is 14.8. The number of carbonyl (C=O) groups excluding carboxylic acids is 1. The van der Waals surface area contributed by atoms with Gasteiger partial charge in [-0.1, -0.05) is 30.3 Å². The number of rotatable bonds is 5. The van der Waals surface area contributed by atoms with Crippen molar-refractivity contribution in [2.24, 2.45) is 0 Å². The third-order valence-corrected chi connectivity index (χ3v) is 7.98. The normalized spacial score (nSPS) is 22.1. The summed E-state index contributed by atoms with van der Waals surface area (Å²) in [6.07, 6.45) is -1.57. The number of benzene rings is 2. The van der Waals surface area contributed by atoms with Crippen LogP contribution in [0.5, 0.6) is 0 Å². The minimum Gasteiger partial charge on any atom is -0.476 e. The first-order valence-electron chi connectivity index (χ1n) is 12.3. The fourth-order valence-electron chi connectivity index (χ4n) is 5.97. The lowest BCUT2D eigenvalue weighted by Crippen LogP contribution is -2.49. The van der Waals surface area contributed by atoms with Gasteiger partial charge in [-0.2, -0.15) is 13.2 Å². The molecule has 1 aromatic heterocycles. The number of aromatic carboxylic acids is 1. The van der Waals surface area contributed by atoms with E-state index < -0.39 is 46.6 Å². The third-order valence-electron chi connectivity index (χ3n) is 7.98. The summed E-state index contributed by atoms with van der Waals surface area (Å²) in [6, 6.07) is 9.51. The Kier molecular flexibility index (Phi) is 6.43. The number of fused-ring (bicyclic) bond motifs is 3. The van der Waals surface area contributed by atoms with Crippen LogP contribution in [-0.4, -0.2) is 50.6 Å². The number of likely N-dealkylation sites (tertiary alicyclic amines) is 1. The average Bonchev–Trinajstić information content (AvgIpc) is 3.26. The van der Waals surface area contributed by atoms with Crippen molar-refractivity contribution in [3.63, 3.8) is 0 Å². The Bertz CT molecular complexity index is 1440. The second-order valence-corrected chi connectivity index (χ2v) is 10.2. The first-order chi connectivity index (χ1) is 18.3. The smallest absolute Gasteiger partial charge is 0.426 e. The number of aryl methyl sites for hydroxylation is 1. The van der Waals surface area contributed by atoms with Gasteiger partial charge in [0.05, 0.1) is 12.4 Å². The largest absolute Gasteiger partial charge is 0.476 e. The number of halogens is 5. The molecule has 1 fully saturated rings. The van der Waals surface area contributed by atoms with E-state index in [2.05, 4.69) is 9.97 Å².